The van der Waals surface area contributed by atoms with Gasteiger partial charge in [0.25, 0.3) is 0 Å². The van der Waals surface area contributed by atoms with Crippen LogP contribution in [0.15, 0.2) is 36.7 Å². The maximum Gasteiger partial charge on any atom is 0.416 e. The maximum atomic E-state index is 12.6. The first-order valence-electron chi connectivity index (χ1n) is 8.12. The highest BCUT2D eigenvalue weighted by atomic mass is 19.4. The second-order valence-electron chi connectivity index (χ2n) is 6.17. The summed E-state index contributed by atoms with van der Waals surface area (Å²) in [4.78, 5) is 4.29. The van der Waals surface area contributed by atoms with Gasteiger partial charge in [0.1, 0.15) is 5.82 Å². The zero-order chi connectivity index (χ0) is 17.4. The summed E-state index contributed by atoms with van der Waals surface area (Å²) in [6, 6.07) is 5.21. The summed E-state index contributed by atoms with van der Waals surface area (Å²) in [5.74, 6) is 2.08. The molecule has 25 heavy (non-hydrogen) atoms. The maximum absolute atomic E-state index is 12.6. The van der Waals surface area contributed by atoms with Crippen molar-refractivity contribution in [1.29, 1.82) is 0 Å². The quantitative estimate of drug-likeness (QED) is 0.765. The molecule has 0 radical (unpaired) electrons. The molecule has 1 N–H and O–H groups in total. The topological polar surface area (TPSA) is 55.1 Å². The van der Waals surface area contributed by atoms with Crippen LogP contribution < -0.4 is 5.32 Å². The summed E-state index contributed by atoms with van der Waals surface area (Å²) in [6.45, 7) is 0.545. The molecule has 2 aromatic heterocycles. The lowest BCUT2D eigenvalue weighted by Gasteiger charge is -2.09. The van der Waals surface area contributed by atoms with Gasteiger partial charge in [0, 0.05) is 24.9 Å². The fourth-order valence-electron chi connectivity index (χ4n) is 2.77. The molecule has 1 aromatic carbocycles. The van der Waals surface area contributed by atoms with Crippen molar-refractivity contribution in [2.75, 3.05) is 11.9 Å². The van der Waals surface area contributed by atoms with Crippen molar-refractivity contribution in [3.8, 4) is 0 Å². The SMILES string of the molecule is FC(F)(F)c1ccc(CCNc2nccn3c(C4CC4)nnc23)cc1. The molecule has 3 aromatic rings. The van der Waals surface area contributed by atoms with E-state index in [-0.39, 0.29) is 0 Å². The minimum absolute atomic E-state index is 0.484. The Morgan fingerprint density at radius 2 is 1.88 bits per heavy atom. The first kappa shape index (κ1) is 15.9. The molecule has 0 amide bonds. The molecule has 0 unspecified atom stereocenters. The second kappa shape index (κ2) is 6.02. The fraction of sp³-hybridized carbons (Fsp3) is 0.353. The highest BCUT2D eigenvalue weighted by molar-refractivity contribution is 5.62. The van der Waals surface area contributed by atoms with E-state index in [0.717, 1.165) is 36.4 Å². The van der Waals surface area contributed by atoms with Crippen molar-refractivity contribution in [3.63, 3.8) is 0 Å². The number of nitrogens with zero attached hydrogens (tertiary/aromatic N) is 4. The van der Waals surface area contributed by atoms with Crippen LogP contribution in [0.3, 0.4) is 0 Å². The molecule has 0 spiro atoms. The van der Waals surface area contributed by atoms with E-state index in [2.05, 4.69) is 20.5 Å². The zero-order valence-electron chi connectivity index (χ0n) is 13.3. The number of benzene rings is 1. The Kier molecular flexibility index (Phi) is 3.82. The van der Waals surface area contributed by atoms with Crippen LogP contribution in [0.5, 0.6) is 0 Å². The molecule has 8 heteroatoms. The third-order valence-electron chi connectivity index (χ3n) is 4.28. The van der Waals surface area contributed by atoms with Gasteiger partial charge in [0.05, 0.1) is 5.56 Å². The van der Waals surface area contributed by atoms with E-state index in [9.17, 15) is 13.2 Å². The molecule has 0 aliphatic heterocycles. The van der Waals surface area contributed by atoms with Crippen molar-refractivity contribution in [2.24, 2.45) is 0 Å². The van der Waals surface area contributed by atoms with Crippen molar-refractivity contribution >= 4 is 11.5 Å². The van der Waals surface area contributed by atoms with Crippen molar-refractivity contribution in [2.45, 2.75) is 31.4 Å². The van der Waals surface area contributed by atoms with E-state index in [1.54, 1.807) is 6.20 Å². The Morgan fingerprint density at radius 1 is 1.12 bits per heavy atom. The summed E-state index contributed by atoms with van der Waals surface area (Å²) >= 11 is 0. The van der Waals surface area contributed by atoms with Crippen LogP contribution >= 0.6 is 0 Å². The standard InChI is InChI=1S/C17H16F3N5/c18-17(19,20)13-5-1-11(2-6-13)7-8-21-14-16-24-23-15(12-3-4-12)25(16)10-9-22-14/h1-2,5-6,9-10,12H,3-4,7-8H2,(H,21,22). The van der Waals surface area contributed by atoms with Gasteiger partial charge in [-0.25, -0.2) is 4.98 Å². The Balaban J connectivity index is 1.42. The van der Waals surface area contributed by atoms with Gasteiger partial charge >= 0.3 is 6.18 Å². The van der Waals surface area contributed by atoms with E-state index in [1.165, 1.54) is 12.1 Å². The van der Waals surface area contributed by atoms with Crippen LogP contribution in [-0.2, 0) is 12.6 Å². The highest BCUT2D eigenvalue weighted by Crippen LogP contribution is 2.39. The molecule has 2 heterocycles. The number of hydrogen-bond acceptors (Lipinski definition) is 4. The number of rotatable bonds is 5. The zero-order valence-corrected chi connectivity index (χ0v) is 13.3. The smallest absolute Gasteiger partial charge is 0.367 e. The minimum Gasteiger partial charge on any atom is -0.367 e. The van der Waals surface area contributed by atoms with Gasteiger partial charge < -0.3 is 5.32 Å². The predicted octanol–water partition coefficient (Wildman–Crippen LogP) is 3.68. The molecule has 0 saturated heterocycles. The molecule has 0 atom stereocenters. The summed E-state index contributed by atoms with van der Waals surface area (Å²) in [6.07, 6.45) is 2.11. The molecular weight excluding hydrogens is 331 g/mol. The van der Waals surface area contributed by atoms with Gasteiger partial charge in [-0.15, -0.1) is 10.2 Å². The van der Waals surface area contributed by atoms with Gasteiger partial charge in [0.15, 0.2) is 5.82 Å². The Labute approximate surface area is 141 Å². The van der Waals surface area contributed by atoms with Gasteiger partial charge in [-0.2, -0.15) is 13.2 Å². The van der Waals surface area contributed by atoms with E-state index >= 15 is 0 Å². The van der Waals surface area contributed by atoms with Crippen molar-refractivity contribution in [3.05, 3.63) is 53.6 Å². The molecular formula is C17H16F3N5. The van der Waals surface area contributed by atoms with Gasteiger partial charge in [0.2, 0.25) is 5.65 Å². The Hall–Kier alpha value is -2.64. The first-order chi connectivity index (χ1) is 12.0. The average Bonchev–Trinajstić information content (AvgIpc) is 3.34. The summed E-state index contributed by atoms with van der Waals surface area (Å²) in [5, 5.41) is 11.6. The van der Waals surface area contributed by atoms with E-state index in [1.807, 2.05) is 10.6 Å². The molecule has 1 aliphatic carbocycles. The molecule has 1 saturated carbocycles. The monoisotopic (exact) mass is 347 g/mol. The molecule has 4 rings (SSSR count). The van der Waals surface area contributed by atoms with Gasteiger partial charge in [-0.05, 0) is 37.0 Å². The van der Waals surface area contributed by atoms with E-state index in [4.69, 9.17) is 0 Å². The lowest BCUT2D eigenvalue weighted by molar-refractivity contribution is -0.137. The molecule has 1 aliphatic rings. The molecule has 0 bridgehead atoms. The first-order valence-corrected chi connectivity index (χ1v) is 8.12. The lowest BCUT2D eigenvalue weighted by atomic mass is 10.1. The number of fused-ring (bicyclic) bond motifs is 1. The Bertz CT molecular complexity index is 881. The molecule has 130 valence electrons. The lowest BCUT2D eigenvalue weighted by Crippen LogP contribution is -2.09. The highest BCUT2D eigenvalue weighted by Gasteiger charge is 2.30. The second-order valence-corrected chi connectivity index (χ2v) is 6.17. The van der Waals surface area contributed by atoms with Crippen molar-refractivity contribution in [1.82, 2.24) is 19.6 Å². The number of nitrogens with one attached hydrogen (secondary N) is 1. The average molecular weight is 347 g/mol. The predicted molar refractivity (Wildman–Crippen MR) is 86.4 cm³/mol. The summed E-state index contributed by atoms with van der Waals surface area (Å²) in [5.41, 5.74) is 0.871. The largest absolute Gasteiger partial charge is 0.416 e. The van der Waals surface area contributed by atoms with Gasteiger partial charge in [-0.3, -0.25) is 4.40 Å². The van der Waals surface area contributed by atoms with Crippen molar-refractivity contribution < 1.29 is 13.2 Å². The van der Waals surface area contributed by atoms with Crippen LogP contribution in [-0.4, -0.2) is 26.1 Å². The summed E-state index contributed by atoms with van der Waals surface area (Å²) < 4.78 is 39.7. The normalized spacial score (nSPS) is 14.8. The third-order valence-corrected chi connectivity index (χ3v) is 4.28. The van der Waals surface area contributed by atoms with E-state index in [0.29, 0.717) is 30.3 Å². The van der Waals surface area contributed by atoms with Crippen LogP contribution in [0.2, 0.25) is 0 Å². The number of alkyl halides is 3. The molecule has 5 nitrogen and oxygen atoms in total. The van der Waals surface area contributed by atoms with Gasteiger partial charge in [-0.1, -0.05) is 12.1 Å². The Morgan fingerprint density at radius 3 is 2.56 bits per heavy atom. The number of anilines is 1. The number of halogens is 3. The fourth-order valence-corrected chi connectivity index (χ4v) is 2.77. The third kappa shape index (κ3) is 3.29. The number of aromatic nitrogens is 4. The van der Waals surface area contributed by atoms with Crippen LogP contribution in [0.4, 0.5) is 19.0 Å². The van der Waals surface area contributed by atoms with Crippen LogP contribution in [0.1, 0.15) is 35.7 Å². The minimum atomic E-state index is -4.30. The van der Waals surface area contributed by atoms with Crippen LogP contribution in [0, 0.1) is 0 Å². The summed E-state index contributed by atoms with van der Waals surface area (Å²) in [7, 11) is 0. The van der Waals surface area contributed by atoms with Crippen LogP contribution in [0.25, 0.3) is 5.65 Å². The van der Waals surface area contributed by atoms with E-state index < -0.39 is 11.7 Å². The number of hydrogen-bond donors (Lipinski definition) is 1. The molecule has 1 fully saturated rings.